The van der Waals surface area contributed by atoms with Gasteiger partial charge in [0, 0.05) is 5.56 Å². The molecule has 1 N–H and O–H groups in total. The summed E-state index contributed by atoms with van der Waals surface area (Å²) in [6, 6.07) is 11.0. The van der Waals surface area contributed by atoms with E-state index in [4.69, 9.17) is 14.2 Å². The minimum atomic E-state index is -1.40. The number of carboxylic acid groups (broad SMARTS) is 1. The quantitative estimate of drug-likeness (QED) is 0.629. The zero-order chi connectivity index (χ0) is 24.4. The maximum absolute atomic E-state index is 13.9. The fraction of sp³-hybridized carbons (Fsp3) is 0.440. The number of hydrogen-bond acceptors (Lipinski definition) is 5. The van der Waals surface area contributed by atoms with Crippen LogP contribution in [0.1, 0.15) is 57.7 Å². The number of carbonyl (C=O) groups excluding carboxylic acids is 1. The number of likely N-dealkylation sites (tertiary alicyclic amines) is 1. The highest BCUT2D eigenvalue weighted by molar-refractivity contribution is 5.85. The van der Waals surface area contributed by atoms with E-state index in [0.29, 0.717) is 29.0 Å². The zero-order valence-corrected chi connectivity index (χ0v) is 19.6. The summed E-state index contributed by atoms with van der Waals surface area (Å²) in [7, 11) is 1.48. The van der Waals surface area contributed by atoms with Crippen LogP contribution in [0.5, 0.6) is 11.5 Å². The first-order valence-electron chi connectivity index (χ1n) is 10.8. The fourth-order valence-corrected chi connectivity index (χ4v) is 3.96. The normalized spacial score (nSPS) is 20.4. The molecule has 178 valence electrons. The van der Waals surface area contributed by atoms with Gasteiger partial charge in [0.2, 0.25) is 0 Å². The van der Waals surface area contributed by atoms with E-state index in [2.05, 4.69) is 0 Å². The molecule has 3 rings (SSSR count). The second-order valence-corrected chi connectivity index (χ2v) is 9.27. The molecule has 0 saturated carbocycles. The molecule has 0 spiro atoms. The van der Waals surface area contributed by atoms with Crippen LogP contribution < -0.4 is 9.47 Å². The van der Waals surface area contributed by atoms with Gasteiger partial charge < -0.3 is 19.3 Å². The first kappa shape index (κ1) is 24.4. The molecule has 1 amide bonds. The Hall–Kier alpha value is -3.29. The van der Waals surface area contributed by atoms with Gasteiger partial charge in [0.15, 0.2) is 11.5 Å². The lowest BCUT2D eigenvalue weighted by Gasteiger charge is -2.36. The minimum absolute atomic E-state index is 0.0208. The molecule has 1 saturated heterocycles. The number of aliphatic carboxylic acids is 1. The number of methoxy groups -OCH3 is 1. The van der Waals surface area contributed by atoms with Crippen molar-refractivity contribution >= 4 is 12.1 Å². The lowest BCUT2D eigenvalue weighted by molar-refractivity contribution is -0.149. The molecule has 0 radical (unpaired) electrons. The number of hydrogen-bond donors (Lipinski definition) is 1. The molecule has 0 bridgehead atoms. The van der Waals surface area contributed by atoms with Crippen molar-refractivity contribution in [3.05, 3.63) is 59.4 Å². The third kappa shape index (κ3) is 5.21. The Kier molecular flexibility index (Phi) is 6.86. The summed E-state index contributed by atoms with van der Waals surface area (Å²) >= 11 is 0. The number of amides is 1. The molecule has 2 aromatic carbocycles. The second-order valence-electron chi connectivity index (χ2n) is 9.27. The zero-order valence-electron chi connectivity index (χ0n) is 19.6. The highest BCUT2D eigenvalue weighted by Crippen LogP contribution is 2.45. The van der Waals surface area contributed by atoms with Crippen molar-refractivity contribution in [2.45, 2.75) is 64.3 Å². The first-order valence-corrected chi connectivity index (χ1v) is 10.8. The van der Waals surface area contributed by atoms with Gasteiger partial charge in [-0.15, -0.1) is 0 Å². The van der Waals surface area contributed by atoms with Crippen molar-refractivity contribution in [1.82, 2.24) is 4.90 Å². The molecule has 2 aromatic rings. The lowest BCUT2D eigenvalue weighted by atomic mass is 9.99. The molecule has 1 heterocycles. The number of carbonyl (C=O) groups is 2. The van der Waals surface area contributed by atoms with Crippen LogP contribution in [0, 0.1) is 5.82 Å². The van der Waals surface area contributed by atoms with Crippen LogP contribution in [0.4, 0.5) is 9.18 Å². The Morgan fingerprint density at radius 2 is 1.88 bits per heavy atom. The van der Waals surface area contributed by atoms with Crippen LogP contribution in [0.3, 0.4) is 0 Å². The van der Waals surface area contributed by atoms with Crippen molar-refractivity contribution in [2.24, 2.45) is 0 Å². The van der Waals surface area contributed by atoms with Crippen molar-refractivity contribution < 1.29 is 33.3 Å². The van der Waals surface area contributed by atoms with Gasteiger partial charge in [0.25, 0.3) is 0 Å². The molecule has 0 unspecified atom stereocenters. The predicted octanol–water partition coefficient (Wildman–Crippen LogP) is 5.33. The summed E-state index contributed by atoms with van der Waals surface area (Å²) in [6.07, 6.45) is 0.0366. The molecule has 8 heteroatoms. The molecule has 7 nitrogen and oxygen atoms in total. The SMILES string of the molecule is COc1cc([C@H]2CC[C@@](C)(C(=O)O)N2C(=O)OC(C)(C)C)ccc1OCc1ccccc1F. The fourth-order valence-electron chi connectivity index (χ4n) is 3.96. The van der Waals surface area contributed by atoms with Gasteiger partial charge in [0.1, 0.15) is 23.6 Å². The topological polar surface area (TPSA) is 85.3 Å². The summed E-state index contributed by atoms with van der Waals surface area (Å²) < 4.78 is 30.7. The molecular formula is C25H30FNO6. The number of rotatable bonds is 6. The summed E-state index contributed by atoms with van der Waals surface area (Å²) in [4.78, 5) is 26.4. The number of nitrogens with zero attached hydrogens (tertiary/aromatic N) is 1. The van der Waals surface area contributed by atoms with E-state index in [1.165, 1.54) is 25.0 Å². The van der Waals surface area contributed by atoms with Gasteiger partial charge in [-0.05, 0) is 64.3 Å². The molecule has 2 atom stereocenters. The molecule has 1 aliphatic rings. The van der Waals surface area contributed by atoms with Crippen LogP contribution in [-0.2, 0) is 16.1 Å². The predicted molar refractivity (Wildman–Crippen MR) is 120 cm³/mol. The average molecular weight is 460 g/mol. The Labute approximate surface area is 193 Å². The third-order valence-corrected chi connectivity index (χ3v) is 5.71. The highest BCUT2D eigenvalue weighted by Gasteiger charge is 2.52. The number of benzene rings is 2. The van der Waals surface area contributed by atoms with Crippen LogP contribution in [0.15, 0.2) is 42.5 Å². The van der Waals surface area contributed by atoms with Gasteiger partial charge in [-0.3, -0.25) is 4.90 Å². The molecule has 1 fully saturated rings. The number of halogens is 1. The third-order valence-electron chi connectivity index (χ3n) is 5.71. The summed E-state index contributed by atoms with van der Waals surface area (Å²) in [5, 5.41) is 9.88. The molecule has 1 aliphatic heterocycles. The molecule has 0 aromatic heterocycles. The molecular weight excluding hydrogens is 429 g/mol. The van der Waals surface area contributed by atoms with E-state index < -0.39 is 29.2 Å². The van der Waals surface area contributed by atoms with E-state index in [1.807, 2.05) is 0 Å². The minimum Gasteiger partial charge on any atom is -0.493 e. The van der Waals surface area contributed by atoms with E-state index in [-0.39, 0.29) is 18.8 Å². The second kappa shape index (κ2) is 9.29. The maximum Gasteiger partial charge on any atom is 0.411 e. The maximum atomic E-state index is 13.9. The van der Waals surface area contributed by atoms with Crippen LogP contribution in [-0.4, -0.2) is 40.3 Å². The monoisotopic (exact) mass is 459 g/mol. The van der Waals surface area contributed by atoms with Gasteiger partial charge in [-0.2, -0.15) is 0 Å². The van der Waals surface area contributed by atoms with E-state index in [1.54, 1.807) is 57.2 Å². The van der Waals surface area contributed by atoms with Crippen LogP contribution in [0.2, 0.25) is 0 Å². The van der Waals surface area contributed by atoms with Gasteiger partial charge >= 0.3 is 12.1 Å². The van der Waals surface area contributed by atoms with Crippen molar-refractivity contribution in [3.8, 4) is 11.5 Å². The van der Waals surface area contributed by atoms with Crippen molar-refractivity contribution in [1.29, 1.82) is 0 Å². The average Bonchev–Trinajstić information content (AvgIpc) is 3.11. The van der Waals surface area contributed by atoms with E-state index >= 15 is 0 Å². The number of ether oxygens (including phenoxy) is 3. The first-order chi connectivity index (χ1) is 15.5. The van der Waals surface area contributed by atoms with Gasteiger partial charge in [-0.25, -0.2) is 14.0 Å². The summed E-state index contributed by atoms with van der Waals surface area (Å²) in [6.45, 7) is 6.76. The standard InChI is InChI=1S/C25H30FNO6/c1-24(2,3)33-23(30)27-19(12-13-25(27,4)22(28)29)16-10-11-20(21(14-16)31-5)32-15-17-8-6-7-9-18(17)26/h6-11,14,19H,12-13,15H2,1-5H3,(H,28,29)/t19-,25+/m1/s1. The lowest BCUT2D eigenvalue weighted by Crippen LogP contribution is -2.52. The van der Waals surface area contributed by atoms with Crippen LogP contribution >= 0.6 is 0 Å². The van der Waals surface area contributed by atoms with Crippen molar-refractivity contribution in [2.75, 3.05) is 7.11 Å². The van der Waals surface area contributed by atoms with Crippen molar-refractivity contribution in [3.63, 3.8) is 0 Å². The van der Waals surface area contributed by atoms with E-state index in [0.717, 1.165) is 0 Å². The Morgan fingerprint density at radius 3 is 2.48 bits per heavy atom. The highest BCUT2D eigenvalue weighted by atomic mass is 19.1. The Bertz CT molecular complexity index is 1030. The Morgan fingerprint density at radius 1 is 1.18 bits per heavy atom. The number of carboxylic acids is 1. The molecule has 33 heavy (non-hydrogen) atoms. The van der Waals surface area contributed by atoms with Gasteiger partial charge in [-0.1, -0.05) is 24.3 Å². The largest absolute Gasteiger partial charge is 0.493 e. The summed E-state index contributed by atoms with van der Waals surface area (Å²) in [5.74, 6) is -0.642. The Balaban J connectivity index is 1.89. The van der Waals surface area contributed by atoms with Gasteiger partial charge in [0.05, 0.1) is 13.2 Å². The van der Waals surface area contributed by atoms with Crippen LogP contribution in [0.25, 0.3) is 0 Å². The van der Waals surface area contributed by atoms with E-state index in [9.17, 15) is 19.1 Å². The molecule has 0 aliphatic carbocycles. The summed E-state index contributed by atoms with van der Waals surface area (Å²) in [5.41, 5.74) is -1.07. The smallest absolute Gasteiger partial charge is 0.411 e.